The van der Waals surface area contributed by atoms with Crippen molar-refractivity contribution in [3.63, 3.8) is 0 Å². The number of hydrogen-bond donors (Lipinski definition) is 2. The molecule has 5 heteroatoms. The van der Waals surface area contributed by atoms with Crippen molar-refractivity contribution in [3.8, 4) is 0 Å². The summed E-state index contributed by atoms with van der Waals surface area (Å²) in [5.41, 5.74) is 0. The van der Waals surface area contributed by atoms with Crippen LogP contribution in [-0.2, 0) is 4.79 Å². The van der Waals surface area contributed by atoms with Crippen molar-refractivity contribution >= 4 is 17.7 Å². The molecule has 1 atom stereocenters. The molecule has 16 heavy (non-hydrogen) atoms. The van der Waals surface area contributed by atoms with Gasteiger partial charge in [0.25, 0.3) is 0 Å². The molecule has 0 saturated carbocycles. The van der Waals surface area contributed by atoms with Crippen LogP contribution in [0.25, 0.3) is 0 Å². The average molecular weight is 241 g/mol. The molecule has 0 unspecified atom stereocenters. The Labute approximate surface area is 101 Å². The Morgan fingerprint density at radius 1 is 1.25 bits per heavy atom. The van der Waals surface area contributed by atoms with Crippen molar-refractivity contribution in [2.75, 3.05) is 31.9 Å². The third-order valence-corrected chi connectivity index (χ3v) is 5.21. The van der Waals surface area contributed by atoms with E-state index < -0.39 is 0 Å². The molecule has 0 aromatic heterocycles. The predicted molar refractivity (Wildman–Crippen MR) is 65.4 cm³/mol. The zero-order chi connectivity index (χ0) is 11.0. The summed E-state index contributed by atoms with van der Waals surface area (Å²) in [6, 6.07) is 0.0604. The molecule has 90 valence electrons. The number of piperidine rings is 1. The first-order valence-corrected chi connectivity index (χ1v) is 7.19. The van der Waals surface area contributed by atoms with E-state index in [1.54, 1.807) is 0 Å². The third kappa shape index (κ3) is 1.85. The molecule has 3 fully saturated rings. The topological polar surface area (TPSA) is 44.4 Å². The van der Waals surface area contributed by atoms with Gasteiger partial charge in [0, 0.05) is 31.9 Å². The van der Waals surface area contributed by atoms with Gasteiger partial charge in [-0.25, -0.2) is 0 Å². The lowest BCUT2D eigenvalue weighted by Crippen LogP contribution is -2.65. The zero-order valence-corrected chi connectivity index (χ0v) is 10.3. The van der Waals surface area contributed by atoms with Gasteiger partial charge < -0.3 is 10.2 Å². The minimum Gasteiger partial charge on any atom is -0.341 e. The first kappa shape index (κ1) is 10.9. The molecular formula is C11H19N3OS. The van der Waals surface area contributed by atoms with Crippen LogP contribution in [0.2, 0.25) is 0 Å². The van der Waals surface area contributed by atoms with Gasteiger partial charge >= 0.3 is 0 Å². The van der Waals surface area contributed by atoms with Gasteiger partial charge in [-0.3, -0.25) is 10.1 Å². The smallest absolute Gasteiger partial charge is 0.240 e. The molecule has 1 amide bonds. The Morgan fingerprint density at radius 3 is 2.56 bits per heavy atom. The van der Waals surface area contributed by atoms with Gasteiger partial charge in [0.05, 0.1) is 10.9 Å². The van der Waals surface area contributed by atoms with Crippen LogP contribution in [-0.4, -0.2) is 53.7 Å². The second-order valence-electron chi connectivity index (χ2n) is 4.99. The van der Waals surface area contributed by atoms with Crippen molar-refractivity contribution in [1.29, 1.82) is 0 Å². The summed E-state index contributed by atoms with van der Waals surface area (Å²) in [6.45, 7) is 3.93. The summed E-state index contributed by atoms with van der Waals surface area (Å²) in [5.74, 6) is 1.27. The van der Waals surface area contributed by atoms with Gasteiger partial charge in [0.15, 0.2) is 0 Å². The first-order chi connectivity index (χ1) is 7.79. The standard InChI is InChI=1S/C11H19N3OS/c15-10(14-4-2-1-3-5-14)9-6-16-11(13-9)7-12-8-11/h9,12-13H,1-8H2/t9-/m0/s1. The Morgan fingerprint density at radius 2 is 2.00 bits per heavy atom. The number of hydrogen-bond acceptors (Lipinski definition) is 4. The van der Waals surface area contributed by atoms with Crippen LogP contribution in [0.15, 0.2) is 0 Å². The number of amides is 1. The van der Waals surface area contributed by atoms with Crippen molar-refractivity contribution in [2.45, 2.75) is 30.2 Å². The van der Waals surface area contributed by atoms with E-state index in [0.717, 1.165) is 31.9 Å². The molecule has 0 bridgehead atoms. The van der Waals surface area contributed by atoms with Crippen LogP contribution in [0.5, 0.6) is 0 Å². The van der Waals surface area contributed by atoms with Crippen molar-refractivity contribution in [2.24, 2.45) is 0 Å². The summed E-state index contributed by atoms with van der Waals surface area (Å²) >= 11 is 1.91. The van der Waals surface area contributed by atoms with E-state index in [1.165, 1.54) is 19.3 Å². The van der Waals surface area contributed by atoms with Gasteiger partial charge in [-0.05, 0) is 19.3 Å². The Hall–Kier alpha value is -0.260. The fraction of sp³-hybridized carbons (Fsp3) is 0.909. The minimum absolute atomic E-state index is 0.0604. The highest BCUT2D eigenvalue weighted by Gasteiger charge is 2.46. The van der Waals surface area contributed by atoms with Crippen LogP contribution < -0.4 is 10.6 Å². The van der Waals surface area contributed by atoms with Gasteiger partial charge in [-0.2, -0.15) is 0 Å². The molecule has 3 rings (SSSR count). The SMILES string of the molecule is O=C([C@@H]1CSC2(CNC2)N1)N1CCCCC1. The van der Waals surface area contributed by atoms with Crippen LogP contribution in [0, 0.1) is 0 Å². The molecule has 0 aromatic carbocycles. The molecule has 0 radical (unpaired) electrons. The van der Waals surface area contributed by atoms with Gasteiger partial charge in [0.2, 0.25) is 5.91 Å². The molecule has 3 heterocycles. The fourth-order valence-corrected chi connectivity index (χ4v) is 4.01. The molecule has 0 aliphatic carbocycles. The lowest BCUT2D eigenvalue weighted by molar-refractivity contribution is -0.133. The fourth-order valence-electron chi connectivity index (χ4n) is 2.67. The first-order valence-electron chi connectivity index (χ1n) is 6.20. The summed E-state index contributed by atoms with van der Waals surface area (Å²) < 4.78 is 0. The number of likely N-dealkylation sites (tertiary alicyclic amines) is 1. The minimum atomic E-state index is 0.0604. The second kappa shape index (κ2) is 4.20. The Bertz CT molecular complexity index is 287. The molecule has 3 aliphatic rings. The maximum Gasteiger partial charge on any atom is 0.240 e. The van der Waals surface area contributed by atoms with E-state index in [-0.39, 0.29) is 10.9 Å². The third-order valence-electron chi connectivity index (χ3n) is 3.75. The van der Waals surface area contributed by atoms with Crippen LogP contribution in [0.1, 0.15) is 19.3 Å². The maximum atomic E-state index is 12.3. The second-order valence-corrected chi connectivity index (χ2v) is 6.40. The maximum absolute atomic E-state index is 12.3. The van der Waals surface area contributed by atoms with E-state index in [4.69, 9.17) is 0 Å². The van der Waals surface area contributed by atoms with Crippen molar-refractivity contribution in [1.82, 2.24) is 15.5 Å². The summed E-state index contributed by atoms with van der Waals surface area (Å²) in [5, 5.41) is 6.78. The number of nitrogens with one attached hydrogen (secondary N) is 2. The van der Waals surface area contributed by atoms with Gasteiger partial charge in [-0.1, -0.05) is 0 Å². The highest BCUT2D eigenvalue weighted by molar-refractivity contribution is 8.01. The van der Waals surface area contributed by atoms with E-state index >= 15 is 0 Å². The van der Waals surface area contributed by atoms with Crippen LogP contribution >= 0.6 is 11.8 Å². The Kier molecular flexibility index (Phi) is 2.85. The predicted octanol–water partition coefficient (Wildman–Crippen LogP) is 0.00340. The van der Waals surface area contributed by atoms with E-state index in [9.17, 15) is 4.79 Å². The summed E-state index contributed by atoms with van der Waals surface area (Å²) in [4.78, 5) is 14.5. The number of rotatable bonds is 1. The van der Waals surface area contributed by atoms with E-state index in [2.05, 4.69) is 10.6 Å². The molecule has 4 nitrogen and oxygen atoms in total. The largest absolute Gasteiger partial charge is 0.341 e. The highest BCUT2D eigenvalue weighted by atomic mass is 32.2. The van der Waals surface area contributed by atoms with Crippen molar-refractivity contribution in [3.05, 3.63) is 0 Å². The molecule has 3 saturated heterocycles. The molecule has 3 aliphatic heterocycles. The average Bonchev–Trinajstić information content (AvgIpc) is 2.74. The normalized spacial score (nSPS) is 32.8. The van der Waals surface area contributed by atoms with Crippen LogP contribution in [0.4, 0.5) is 0 Å². The van der Waals surface area contributed by atoms with Crippen LogP contribution in [0.3, 0.4) is 0 Å². The van der Waals surface area contributed by atoms with Crippen molar-refractivity contribution < 1.29 is 4.79 Å². The number of nitrogens with zero attached hydrogens (tertiary/aromatic N) is 1. The molecular weight excluding hydrogens is 222 g/mol. The highest BCUT2D eigenvalue weighted by Crippen LogP contribution is 2.34. The molecule has 1 spiro atoms. The van der Waals surface area contributed by atoms with Gasteiger partial charge in [0.1, 0.15) is 0 Å². The number of carbonyl (C=O) groups is 1. The Balaban J connectivity index is 1.58. The molecule has 0 aromatic rings. The summed E-state index contributed by atoms with van der Waals surface area (Å²) in [7, 11) is 0. The zero-order valence-electron chi connectivity index (χ0n) is 9.50. The quantitative estimate of drug-likeness (QED) is 0.678. The number of carbonyl (C=O) groups excluding carboxylic acids is 1. The van der Waals surface area contributed by atoms with E-state index in [1.807, 2.05) is 16.7 Å². The monoisotopic (exact) mass is 241 g/mol. The lowest BCUT2D eigenvalue weighted by Gasteiger charge is -2.39. The van der Waals surface area contributed by atoms with E-state index in [0.29, 0.717) is 5.91 Å². The number of thioether (sulfide) groups is 1. The summed E-state index contributed by atoms with van der Waals surface area (Å²) in [6.07, 6.45) is 3.64. The molecule has 2 N–H and O–H groups in total. The lowest BCUT2D eigenvalue weighted by atomic mass is 10.1. The van der Waals surface area contributed by atoms with Gasteiger partial charge in [-0.15, -0.1) is 11.8 Å².